The molecule has 1 atom stereocenters. The molecule has 1 aliphatic rings. The van der Waals surface area contributed by atoms with Gasteiger partial charge in [0.05, 0.1) is 6.10 Å². The van der Waals surface area contributed by atoms with E-state index >= 15 is 0 Å². The lowest BCUT2D eigenvalue weighted by molar-refractivity contribution is -0.211. The van der Waals surface area contributed by atoms with E-state index in [-0.39, 0.29) is 19.2 Å². The zero-order valence-electron chi connectivity index (χ0n) is 8.83. The Morgan fingerprint density at radius 1 is 1.44 bits per heavy atom. The predicted octanol–water partition coefficient (Wildman–Crippen LogP) is 0.547. The number of likely N-dealkylation sites (tertiary alicyclic amines) is 1. The first-order chi connectivity index (χ1) is 7.36. The van der Waals surface area contributed by atoms with Crippen LogP contribution in [-0.4, -0.2) is 54.5 Å². The van der Waals surface area contributed by atoms with Crippen LogP contribution in [0, 0.1) is 0 Å². The van der Waals surface area contributed by atoms with Crippen LogP contribution in [-0.2, 0) is 9.53 Å². The van der Waals surface area contributed by atoms with Gasteiger partial charge in [-0.05, 0) is 12.8 Å². The van der Waals surface area contributed by atoms with E-state index in [0.29, 0.717) is 12.8 Å². The molecule has 0 unspecified atom stereocenters. The second kappa shape index (κ2) is 5.01. The van der Waals surface area contributed by atoms with Crippen molar-refractivity contribution in [3.63, 3.8) is 0 Å². The number of ether oxygens (including phenoxy) is 1. The quantitative estimate of drug-likeness (QED) is 0.768. The summed E-state index contributed by atoms with van der Waals surface area (Å²) in [7, 11) is 1.52. The Balaban J connectivity index is 2.51. The van der Waals surface area contributed by atoms with Crippen molar-refractivity contribution in [3.05, 3.63) is 0 Å². The lowest BCUT2D eigenvalue weighted by Gasteiger charge is -2.32. The molecular formula is C9H14F3NO3. The number of amides is 1. The Labute approximate surface area is 91.0 Å². The van der Waals surface area contributed by atoms with Crippen LogP contribution in [0.4, 0.5) is 13.2 Å². The molecule has 1 aliphatic heterocycles. The molecule has 0 radical (unpaired) electrons. The fourth-order valence-corrected chi connectivity index (χ4v) is 1.62. The van der Waals surface area contributed by atoms with E-state index in [9.17, 15) is 18.0 Å². The highest BCUT2D eigenvalue weighted by Crippen LogP contribution is 2.23. The Morgan fingerprint density at radius 2 is 1.94 bits per heavy atom. The standard InChI is InChI=1S/C9H14F3NO3/c1-16-6-2-4-13(5-3-6)8(15)7(14)9(10,11)12/h6-7,14H,2-5H2,1H3/t7-/m1/s1. The largest absolute Gasteiger partial charge is 0.423 e. The number of halogens is 3. The minimum Gasteiger partial charge on any atom is -0.381 e. The van der Waals surface area contributed by atoms with E-state index in [1.165, 1.54) is 7.11 Å². The molecule has 1 N–H and O–H groups in total. The molecule has 1 amide bonds. The summed E-state index contributed by atoms with van der Waals surface area (Å²) in [5.41, 5.74) is 0. The molecule has 7 heteroatoms. The van der Waals surface area contributed by atoms with Crippen LogP contribution in [0.2, 0.25) is 0 Å². The third kappa shape index (κ3) is 3.08. The Morgan fingerprint density at radius 3 is 2.31 bits per heavy atom. The number of nitrogens with zero attached hydrogens (tertiary/aromatic N) is 1. The van der Waals surface area contributed by atoms with E-state index in [1.807, 2.05) is 0 Å². The third-order valence-corrected chi connectivity index (χ3v) is 2.63. The van der Waals surface area contributed by atoms with E-state index in [1.54, 1.807) is 0 Å². The zero-order chi connectivity index (χ0) is 12.3. The van der Waals surface area contributed by atoms with Crippen LogP contribution in [0.5, 0.6) is 0 Å². The predicted molar refractivity (Wildman–Crippen MR) is 48.7 cm³/mol. The minimum absolute atomic E-state index is 0.0212. The number of aliphatic hydroxyl groups excluding tert-OH is 1. The fraction of sp³-hybridized carbons (Fsp3) is 0.889. The highest BCUT2D eigenvalue weighted by molar-refractivity contribution is 5.81. The summed E-state index contributed by atoms with van der Waals surface area (Å²) in [5.74, 6) is -1.28. The lowest BCUT2D eigenvalue weighted by Crippen LogP contribution is -2.49. The fourth-order valence-electron chi connectivity index (χ4n) is 1.62. The van der Waals surface area contributed by atoms with E-state index in [4.69, 9.17) is 9.84 Å². The number of rotatable bonds is 2. The molecule has 0 aliphatic carbocycles. The topological polar surface area (TPSA) is 49.8 Å². The highest BCUT2D eigenvalue weighted by Gasteiger charge is 2.45. The van der Waals surface area contributed by atoms with Crippen molar-refractivity contribution >= 4 is 5.91 Å². The maximum Gasteiger partial charge on any atom is 0.423 e. The van der Waals surface area contributed by atoms with Gasteiger partial charge < -0.3 is 14.7 Å². The van der Waals surface area contributed by atoms with Crippen molar-refractivity contribution in [3.8, 4) is 0 Å². The number of methoxy groups -OCH3 is 1. The van der Waals surface area contributed by atoms with Gasteiger partial charge in [-0.2, -0.15) is 13.2 Å². The minimum atomic E-state index is -4.89. The number of hydrogen-bond donors (Lipinski definition) is 1. The summed E-state index contributed by atoms with van der Waals surface area (Å²) in [6, 6.07) is 0. The summed E-state index contributed by atoms with van der Waals surface area (Å²) in [5, 5.41) is 8.78. The molecule has 1 rings (SSSR count). The molecule has 0 spiro atoms. The lowest BCUT2D eigenvalue weighted by atomic mass is 10.1. The number of carbonyl (C=O) groups excluding carboxylic acids is 1. The van der Waals surface area contributed by atoms with Crippen molar-refractivity contribution in [2.45, 2.75) is 31.2 Å². The van der Waals surface area contributed by atoms with Crippen LogP contribution in [0.1, 0.15) is 12.8 Å². The molecule has 4 nitrogen and oxygen atoms in total. The van der Waals surface area contributed by atoms with Gasteiger partial charge in [0, 0.05) is 20.2 Å². The number of piperidine rings is 1. The molecule has 1 saturated heterocycles. The van der Waals surface area contributed by atoms with Crippen molar-refractivity contribution < 1.29 is 27.8 Å². The van der Waals surface area contributed by atoms with Crippen LogP contribution in [0.25, 0.3) is 0 Å². The first-order valence-corrected chi connectivity index (χ1v) is 4.92. The number of hydrogen-bond acceptors (Lipinski definition) is 3. The van der Waals surface area contributed by atoms with Crippen molar-refractivity contribution in [1.29, 1.82) is 0 Å². The highest BCUT2D eigenvalue weighted by atomic mass is 19.4. The van der Waals surface area contributed by atoms with E-state index < -0.39 is 18.2 Å². The Kier molecular flexibility index (Phi) is 4.15. The van der Waals surface area contributed by atoms with Gasteiger partial charge in [0.2, 0.25) is 6.10 Å². The van der Waals surface area contributed by atoms with E-state index in [0.717, 1.165) is 4.90 Å². The van der Waals surface area contributed by atoms with Gasteiger partial charge in [0.25, 0.3) is 5.91 Å². The summed E-state index contributed by atoms with van der Waals surface area (Å²) < 4.78 is 41.2. The molecule has 1 heterocycles. The van der Waals surface area contributed by atoms with Crippen molar-refractivity contribution in [1.82, 2.24) is 4.90 Å². The average Bonchev–Trinajstić information content (AvgIpc) is 2.26. The Hall–Kier alpha value is -0.820. The maximum absolute atomic E-state index is 12.1. The van der Waals surface area contributed by atoms with Crippen LogP contribution in [0.15, 0.2) is 0 Å². The molecule has 0 aromatic heterocycles. The average molecular weight is 241 g/mol. The van der Waals surface area contributed by atoms with Gasteiger partial charge in [-0.25, -0.2) is 0 Å². The first-order valence-electron chi connectivity index (χ1n) is 4.92. The summed E-state index contributed by atoms with van der Waals surface area (Å²) >= 11 is 0. The summed E-state index contributed by atoms with van der Waals surface area (Å²) in [4.78, 5) is 12.3. The van der Waals surface area contributed by atoms with Crippen LogP contribution < -0.4 is 0 Å². The molecule has 1 fully saturated rings. The number of carbonyl (C=O) groups is 1. The summed E-state index contributed by atoms with van der Waals surface area (Å²) in [6.45, 7) is 0.370. The number of alkyl halides is 3. The molecule has 0 saturated carbocycles. The maximum atomic E-state index is 12.1. The molecule has 0 aromatic rings. The third-order valence-electron chi connectivity index (χ3n) is 2.63. The summed E-state index contributed by atoms with van der Waals surface area (Å²) in [6.07, 6.45) is -6.84. The van der Waals surface area contributed by atoms with Gasteiger partial charge >= 0.3 is 6.18 Å². The van der Waals surface area contributed by atoms with E-state index in [2.05, 4.69) is 0 Å². The molecule has 16 heavy (non-hydrogen) atoms. The van der Waals surface area contributed by atoms with Gasteiger partial charge in [0.15, 0.2) is 0 Å². The number of aliphatic hydroxyl groups is 1. The van der Waals surface area contributed by atoms with Gasteiger partial charge in [-0.15, -0.1) is 0 Å². The molecular weight excluding hydrogens is 227 g/mol. The van der Waals surface area contributed by atoms with Crippen molar-refractivity contribution in [2.24, 2.45) is 0 Å². The first kappa shape index (κ1) is 13.2. The molecule has 0 bridgehead atoms. The monoisotopic (exact) mass is 241 g/mol. The second-order valence-electron chi connectivity index (χ2n) is 3.70. The second-order valence-corrected chi connectivity index (χ2v) is 3.70. The molecule has 0 aromatic carbocycles. The van der Waals surface area contributed by atoms with Gasteiger partial charge in [-0.1, -0.05) is 0 Å². The Bertz CT molecular complexity index is 249. The van der Waals surface area contributed by atoms with Crippen LogP contribution >= 0.6 is 0 Å². The van der Waals surface area contributed by atoms with Gasteiger partial charge in [-0.3, -0.25) is 4.79 Å². The van der Waals surface area contributed by atoms with Crippen LogP contribution in [0.3, 0.4) is 0 Å². The SMILES string of the molecule is COC1CCN(C(=O)[C@@H](O)C(F)(F)F)CC1. The molecule has 94 valence electrons. The van der Waals surface area contributed by atoms with Crippen molar-refractivity contribution in [2.75, 3.05) is 20.2 Å². The van der Waals surface area contributed by atoms with Gasteiger partial charge in [0.1, 0.15) is 0 Å². The normalized spacial score (nSPS) is 20.9. The smallest absolute Gasteiger partial charge is 0.381 e. The zero-order valence-corrected chi connectivity index (χ0v) is 8.83.